The number of nitrogens with two attached hydrogens (primary N) is 1. The zero-order valence-electron chi connectivity index (χ0n) is 8.14. The van der Waals surface area contributed by atoms with Crippen LogP contribution in [0, 0.1) is 5.92 Å². The van der Waals surface area contributed by atoms with Crippen LogP contribution in [0.5, 0.6) is 0 Å². The molecule has 0 radical (unpaired) electrons. The fourth-order valence-corrected chi connectivity index (χ4v) is 2.26. The highest BCUT2D eigenvalue weighted by Crippen LogP contribution is 2.38. The summed E-state index contributed by atoms with van der Waals surface area (Å²) in [5.41, 5.74) is 5.87. The van der Waals surface area contributed by atoms with E-state index in [2.05, 4.69) is 0 Å². The standard InChI is InChI=1S/C9H15NO3.ClH/c1-2-12-9(11)7-5-3-4-6(13-5)8(7)10;/h5-8H,2-4,10H2,1H3;1H. The first-order chi connectivity index (χ1) is 6.24. The molecule has 5 heteroatoms. The summed E-state index contributed by atoms with van der Waals surface area (Å²) in [4.78, 5) is 11.5. The third-order valence-electron chi connectivity index (χ3n) is 2.89. The summed E-state index contributed by atoms with van der Waals surface area (Å²) in [5, 5.41) is 0. The maximum absolute atomic E-state index is 11.5. The van der Waals surface area contributed by atoms with E-state index in [0.29, 0.717) is 6.61 Å². The summed E-state index contributed by atoms with van der Waals surface area (Å²) in [6.45, 7) is 2.22. The second-order valence-corrected chi connectivity index (χ2v) is 3.65. The Morgan fingerprint density at radius 3 is 2.64 bits per heavy atom. The van der Waals surface area contributed by atoms with E-state index in [4.69, 9.17) is 15.2 Å². The Balaban J connectivity index is 0.000000980. The van der Waals surface area contributed by atoms with Crippen LogP contribution in [0.25, 0.3) is 0 Å². The van der Waals surface area contributed by atoms with Gasteiger partial charge in [0, 0.05) is 6.04 Å². The molecule has 0 saturated carbocycles. The Bertz CT molecular complexity index is 222. The highest BCUT2D eigenvalue weighted by molar-refractivity contribution is 5.85. The Labute approximate surface area is 89.5 Å². The summed E-state index contributed by atoms with van der Waals surface area (Å²) in [6, 6.07) is -0.155. The number of hydrogen-bond acceptors (Lipinski definition) is 4. The summed E-state index contributed by atoms with van der Waals surface area (Å²) < 4.78 is 10.5. The molecular formula is C9H16ClNO3. The highest BCUT2D eigenvalue weighted by atomic mass is 35.5. The van der Waals surface area contributed by atoms with Crippen LogP contribution in [-0.2, 0) is 14.3 Å². The largest absolute Gasteiger partial charge is 0.466 e. The predicted octanol–water partition coefficient (Wildman–Crippen LogP) is 0.476. The number of fused-ring (bicyclic) bond motifs is 2. The number of hydrogen-bond donors (Lipinski definition) is 1. The first-order valence-corrected chi connectivity index (χ1v) is 4.81. The van der Waals surface area contributed by atoms with Crippen molar-refractivity contribution in [3.8, 4) is 0 Å². The lowest BCUT2D eigenvalue weighted by molar-refractivity contribution is -0.150. The van der Waals surface area contributed by atoms with Crippen molar-refractivity contribution in [1.29, 1.82) is 0 Å². The van der Waals surface area contributed by atoms with Crippen molar-refractivity contribution in [2.75, 3.05) is 6.61 Å². The Morgan fingerprint density at radius 2 is 2.14 bits per heavy atom. The van der Waals surface area contributed by atoms with Crippen LogP contribution in [0.2, 0.25) is 0 Å². The Kier molecular flexibility index (Phi) is 3.75. The minimum atomic E-state index is -0.223. The van der Waals surface area contributed by atoms with Gasteiger partial charge in [0.2, 0.25) is 0 Å². The van der Waals surface area contributed by atoms with Crippen LogP contribution >= 0.6 is 12.4 Å². The molecular weight excluding hydrogens is 206 g/mol. The van der Waals surface area contributed by atoms with Gasteiger partial charge in [0.15, 0.2) is 0 Å². The van der Waals surface area contributed by atoms with Crippen LogP contribution in [0.15, 0.2) is 0 Å². The average molecular weight is 222 g/mol. The van der Waals surface area contributed by atoms with E-state index in [1.165, 1.54) is 0 Å². The smallest absolute Gasteiger partial charge is 0.313 e. The van der Waals surface area contributed by atoms with Crippen molar-refractivity contribution in [1.82, 2.24) is 0 Å². The van der Waals surface area contributed by atoms with E-state index in [-0.39, 0.29) is 42.5 Å². The molecule has 2 N–H and O–H groups in total. The molecule has 2 heterocycles. The van der Waals surface area contributed by atoms with Crippen LogP contribution in [0.1, 0.15) is 19.8 Å². The molecule has 2 fully saturated rings. The minimum Gasteiger partial charge on any atom is -0.466 e. The summed E-state index contributed by atoms with van der Waals surface area (Å²) >= 11 is 0. The lowest BCUT2D eigenvalue weighted by atomic mass is 9.85. The van der Waals surface area contributed by atoms with Crippen LogP contribution in [-0.4, -0.2) is 30.8 Å². The van der Waals surface area contributed by atoms with Crippen molar-refractivity contribution in [3.63, 3.8) is 0 Å². The molecule has 0 amide bonds. The van der Waals surface area contributed by atoms with E-state index >= 15 is 0 Å². The Hall–Kier alpha value is -0.320. The number of esters is 1. The molecule has 0 aromatic heterocycles. The van der Waals surface area contributed by atoms with Gasteiger partial charge in [-0.05, 0) is 19.8 Å². The van der Waals surface area contributed by atoms with Crippen molar-refractivity contribution < 1.29 is 14.3 Å². The molecule has 2 aliphatic heterocycles. The molecule has 0 aromatic rings. The van der Waals surface area contributed by atoms with E-state index < -0.39 is 0 Å². The minimum absolute atomic E-state index is 0. The van der Waals surface area contributed by atoms with Crippen molar-refractivity contribution in [3.05, 3.63) is 0 Å². The van der Waals surface area contributed by atoms with Gasteiger partial charge in [0.25, 0.3) is 0 Å². The normalized spacial score (nSPS) is 39.3. The molecule has 2 saturated heterocycles. The van der Waals surface area contributed by atoms with E-state index in [9.17, 15) is 4.79 Å². The first kappa shape index (κ1) is 11.8. The zero-order valence-corrected chi connectivity index (χ0v) is 8.96. The van der Waals surface area contributed by atoms with Crippen LogP contribution in [0.4, 0.5) is 0 Å². The summed E-state index contributed by atoms with van der Waals surface area (Å²) in [5.74, 6) is -0.416. The van der Waals surface area contributed by atoms with Crippen LogP contribution < -0.4 is 5.73 Å². The fraction of sp³-hybridized carbons (Fsp3) is 0.889. The molecule has 0 spiro atoms. The number of halogens is 1. The lowest BCUT2D eigenvalue weighted by Gasteiger charge is -2.22. The van der Waals surface area contributed by atoms with Crippen LogP contribution in [0.3, 0.4) is 0 Å². The third-order valence-corrected chi connectivity index (χ3v) is 2.89. The molecule has 2 aliphatic rings. The molecule has 0 aliphatic carbocycles. The van der Waals surface area contributed by atoms with Gasteiger partial charge in [-0.25, -0.2) is 0 Å². The van der Waals surface area contributed by atoms with Crippen molar-refractivity contribution >= 4 is 18.4 Å². The van der Waals surface area contributed by atoms with Gasteiger partial charge in [-0.15, -0.1) is 12.4 Å². The van der Waals surface area contributed by atoms with Gasteiger partial charge >= 0.3 is 5.97 Å². The number of carbonyl (C=O) groups is 1. The number of rotatable bonds is 2. The van der Waals surface area contributed by atoms with E-state index in [1.54, 1.807) is 6.92 Å². The maximum Gasteiger partial charge on any atom is 0.313 e. The highest BCUT2D eigenvalue weighted by Gasteiger charge is 2.51. The number of carbonyl (C=O) groups excluding carboxylic acids is 1. The molecule has 4 atom stereocenters. The van der Waals surface area contributed by atoms with Gasteiger partial charge in [0.1, 0.15) is 5.92 Å². The maximum atomic E-state index is 11.5. The fourth-order valence-electron chi connectivity index (χ4n) is 2.26. The Morgan fingerprint density at radius 1 is 1.50 bits per heavy atom. The molecule has 14 heavy (non-hydrogen) atoms. The third kappa shape index (κ3) is 1.74. The topological polar surface area (TPSA) is 61.5 Å². The second kappa shape index (κ2) is 4.47. The average Bonchev–Trinajstić information content (AvgIpc) is 2.63. The van der Waals surface area contributed by atoms with Gasteiger partial charge < -0.3 is 15.2 Å². The zero-order chi connectivity index (χ0) is 9.42. The van der Waals surface area contributed by atoms with E-state index in [1.807, 2.05) is 0 Å². The molecule has 4 unspecified atom stereocenters. The molecule has 0 aromatic carbocycles. The van der Waals surface area contributed by atoms with Gasteiger partial charge in [-0.2, -0.15) is 0 Å². The molecule has 2 rings (SSSR count). The first-order valence-electron chi connectivity index (χ1n) is 4.81. The van der Waals surface area contributed by atoms with E-state index in [0.717, 1.165) is 12.8 Å². The van der Waals surface area contributed by atoms with Gasteiger partial charge in [-0.1, -0.05) is 0 Å². The van der Waals surface area contributed by atoms with Gasteiger partial charge in [0.05, 0.1) is 18.8 Å². The van der Waals surface area contributed by atoms with Crippen molar-refractivity contribution in [2.24, 2.45) is 11.7 Å². The predicted molar refractivity (Wildman–Crippen MR) is 53.2 cm³/mol. The lowest BCUT2D eigenvalue weighted by Crippen LogP contribution is -2.44. The SMILES string of the molecule is CCOC(=O)C1C2CCC(O2)C1N.Cl. The quantitative estimate of drug-likeness (QED) is 0.689. The molecule has 82 valence electrons. The monoisotopic (exact) mass is 221 g/mol. The molecule has 4 nitrogen and oxygen atoms in total. The number of ether oxygens (including phenoxy) is 2. The molecule has 2 bridgehead atoms. The second-order valence-electron chi connectivity index (χ2n) is 3.65. The summed E-state index contributed by atoms with van der Waals surface area (Å²) in [6.07, 6.45) is 2.03. The van der Waals surface area contributed by atoms with Gasteiger partial charge in [-0.3, -0.25) is 4.79 Å². The van der Waals surface area contributed by atoms with Crippen molar-refractivity contribution in [2.45, 2.75) is 38.0 Å². The summed E-state index contributed by atoms with van der Waals surface area (Å²) in [7, 11) is 0.